The SMILES string of the molecule is COc1ccc(Cl)cc1N1CCN(CCCNC(=O)c2ccc(-c3nc4ncncc4[nH]3)c(F)c2)CC1. The average molecular weight is 524 g/mol. The number of halogens is 2. The molecule has 1 fully saturated rings. The third-order valence-electron chi connectivity index (χ3n) is 6.44. The van der Waals surface area contributed by atoms with Crippen molar-refractivity contribution in [2.45, 2.75) is 6.42 Å². The molecule has 1 aliphatic heterocycles. The molecule has 1 amide bonds. The Hall–Kier alpha value is -3.76. The summed E-state index contributed by atoms with van der Waals surface area (Å²) in [6.07, 6.45) is 3.76. The number of carbonyl (C=O) groups is 1. The number of hydrogen-bond donors (Lipinski definition) is 2. The van der Waals surface area contributed by atoms with Crippen molar-refractivity contribution in [3.8, 4) is 17.1 Å². The van der Waals surface area contributed by atoms with Crippen LogP contribution in [0, 0.1) is 5.82 Å². The van der Waals surface area contributed by atoms with Crippen molar-refractivity contribution in [3.05, 3.63) is 65.3 Å². The first kappa shape index (κ1) is 24.9. The first-order chi connectivity index (χ1) is 18.0. The predicted octanol–water partition coefficient (Wildman–Crippen LogP) is 3.76. The molecule has 2 aromatic carbocycles. The van der Waals surface area contributed by atoms with Crippen LogP contribution in [-0.4, -0.2) is 77.1 Å². The number of nitrogens with one attached hydrogen (secondary N) is 2. The van der Waals surface area contributed by atoms with Crippen molar-refractivity contribution >= 4 is 34.4 Å². The van der Waals surface area contributed by atoms with Crippen molar-refractivity contribution in [3.63, 3.8) is 0 Å². The van der Waals surface area contributed by atoms with Crippen molar-refractivity contribution in [2.75, 3.05) is 51.3 Å². The highest BCUT2D eigenvalue weighted by atomic mass is 35.5. The van der Waals surface area contributed by atoms with Gasteiger partial charge in [-0.05, 0) is 49.4 Å². The number of nitrogens with zero attached hydrogens (tertiary/aromatic N) is 5. The summed E-state index contributed by atoms with van der Waals surface area (Å²) >= 11 is 6.18. The van der Waals surface area contributed by atoms with Crippen molar-refractivity contribution in [1.29, 1.82) is 0 Å². The highest BCUT2D eigenvalue weighted by Gasteiger charge is 2.20. The molecule has 0 radical (unpaired) electrons. The highest BCUT2D eigenvalue weighted by molar-refractivity contribution is 6.30. The van der Waals surface area contributed by atoms with Gasteiger partial charge in [-0.2, -0.15) is 0 Å². The number of aromatic amines is 1. The van der Waals surface area contributed by atoms with E-state index >= 15 is 0 Å². The van der Waals surface area contributed by atoms with Gasteiger partial charge in [0, 0.05) is 43.3 Å². The smallest absolute Gasteiger partial charge is 0.251 e. The van der Waals surface area contributed by atoms with Crippen LogP contribution in [-0.2, 0) is 0 Å². The zero-order valence-electron chi connectivity index (χ0n) is 20.4. The fraction of sp³-hybridized carbons (Fsp3) is 0.308. The number of fused-ring (bicyclic) bond motifs is 1. The van der Waals surface area contributed by atoms with Gasteiger partial charge in [0.2, 0.25) is 0 Å². The minimum atomic E-state index is -0.533. The number of aromatic nitrogens is 4. The summed E-state index contributed by atoms with van der Waals surface area (Å²) in [6.45, 7) is 4.92. The molecular formula is C26H27ClFN7O2. The molecule has 1 aliphatic rings. The number of benzene rings is 2. The summed E-state index contributed by atoms with van der Waals surface area (Å²) in [7, 11) is 1.66. The summed E-state index contributed by atoms with van der Waals surface area (Å²) in [5, 5.41) is 3.57. The van der Waals surface area contributed by atoms with Gasteiger partial charge >= 0.3 is 0 Å². The zero-order valence-corrected chi connectivity index (χ0v) is 21.1. The molecule has 11 heteroatoms. The van der Waals surface area contributed by atoms with Gasteiger partial charge in [0.15, 0.2) is 5.65 Å². The predicted molar refractivity (Wildman–Crippen MR) is 141 cm³/mol. The number of ether oxygens (including phenoxy) is 1. The van der Waals surface area contributed by atoms with Crippen LogP contribution in [0.4, 0.5) is 10.1 Å². The number of anilines is 1. The van der Waals surface area contributed by atoms with Gasteiger partial charge in [0.25, 0.3) is 5.91 Å². The van der Waals surface area contributed by atoms with Gasteiger partial charge in [0.1, 0.15) is 29.2 Å². The molecule has 0 saturated carbocycles. The van der Waals surface area contributed by atoms with Crippen molar-refractivity contribution in [1.82, 2.24) is 30.2 Å². The van der Waals surface area contributed by atoms with Gasteiger partial charge in [-0.15, -0.1) is 0 Å². The van der Waals surface area contributed by atoms with E-state index in [0.717, 1.165) is 50.6 Å². The van der Waals surface area contributed by atoms with Crippen molar-refractivity contribution in [2.24, 2.45) is 0 Å². The molecule has 0 spiro atoms. The van der Waals surface area contributed by atoms with E-state index in [2.05, 4.69) is 35.1 Å². The van der Waals surface area contributed by atoms with Gasteiger partial charge < -0.3 is 19.9 Å². The van der Waals surface area contributed by atoms with E-state index in [-0.39, 0.29) is 17.0 Å². The normalized spacial score (nSPS) is 14.2. The van der Waals surface area contributed by atoms with Gasteiger partial charge in [-0.3, -0.25) is 9.69 Å². The summed E-state index contributed by atoms with van der Waals surface area (Å²) in [5.74, 6) is 0.318. The first-order valence-electron chi connectivity index (χ1n) is 12.1. The van der Waals surface area contributed by atoms with E-state index in [1.54, 1.807) is 25.4 Å². The number of H-pyrrole nitrogens is 1. The fourth-order valence-corrected chi connectivity index (χ4v) is 4.63. The standard InChI is InChI=1S/C26H27ClFN7O2/c1-37-23-6-4-18(27)14-22(23)35-11-9-34(10-12-35)8-2-7-30-26(36)17-3-5-19(20(28)13-17)24-32-21-15-29-16-31-25(21)33-24/h3-6,13-16H,2,7-12H2,1H3,(H,30,36)(H,29,31,32,33). The second kappa shape index (κ2) is 11.1. The van der Waals surface area contributed by atoms with Crippen LogP contribution in [0.2, 0.25) is 5.02 Å². The molecule has 0 aliphatic carbocycles. The van der Waals surface area contributed by atoms with E-state index in [1.165, 1.54) is 12.4 Å². The van der Waals surface area contributed by atoms with Crippen LogP contribution >= 0.6 is 11.6 Å². The minimum absolute atomic E-state index is 0.265. The maximum absolute atomic E-state index is 14.8. The monoisotopic (exact) mass is 523 g/mol. The molecule has 192 valence electrons. The molecule has 2 aromatic heterocycles. The minimum Gasteiger partial charge on any atom is -0.495 e. The molecule has 2 N–H and O–H groups in total. The number of methoxy groups -OCH3 is 1. The lowest BCUT2D eigenvalue weighted by atomic mass is 10.1. The second-order valence-electron chi connectivity index (χ2n) is 8.79. The van der Waals surface area contributed by atoms with Crippen LogP contribution < -0.4 is 15.0 Å². The number of hydrogen-bond acceptors (Lipinski definition) is 7. The summed E-state index contributed by atoms with van der Waals surface area (Å²) in [4.78, 5) is 32.5. The molecule has 5 rings (SSSR count). The van der Waals surface area contributed by atoms with E-state index in [4.69, 9.17) is 16.3 Å². The van der Waals surface area contributed by atoms with Crippen LogP contribution in [0.5, 0.6) is 5.75 Å². The topological polar surface area (TPSA) is 99.3 Å². The van der Waals surface area contributed by atoms with E-state index in [9.17, 15) is 9.18 Å². The molecule has 4 aromatic rings. The Morgan fingerprint density at radius 2 is 2.03 bits per heavy atom. The Bertz CT molecular complexity index is 1370. The molecular weight excluding hydrogens is 497 g/mol. The lowest BCUT2D eigenvalue weighted by Gasteiger charge is -2.36. The average Bonchev–Trinajstić information content (AvgIpc) is 3.35. The van der Waals surface area contributed by atoms with E-state index in [0.29, 0.717) is 28.6 Å². The van der Waals surface area contributed by atoms with Crippen LogP contribution in [0.15, 0.2) is 48.9 Å². The summed E-state index contributed by atoms with van der Waals surface area (Å²) in [6, 6.07) is 10.0. The zero-order chi connectivity index (χ0) is 25.8. The van der Waals surface area contributed by atoms with Gasteiger partial charge in [0.05, 0.1) is 24.6 Å². The number of imidazole rings is 1. The third kappa shape index (κ3) is 5.65. The maximum Gasteiger partial charge on any atom is 0.251 e. The van der Waals surface area contributed by atoms with E-state index < -0.39 is 5.82 Å². The lowest BCUT2D eigenvalue weighted by molar-refractivity contribution is 0.0951. The van der Waals surface area contributed by atoms with Gasteiger partial charge in [-0.25, -0.2) is 19.3 Å². The number of piperazine rings is 1. The van der Waals surface area contributed by atoms with Crippen molar-refractivity contribution < 1.29 is 13.9 Å². The Balaban J connectivity index is 1.09. The number of amides is 1. The number of carbonyl (C=O) groups excluding carboxylic acids is 1. The molecule has 9 nitrogen and oxygen atoms in total. The largest absolute Gasteiger partial charge is 0.495 e. The molecule has 0 atom stereocenters. The first-order valence-corrected chi connectivity index (χ1v) is 12.4. The van der Waals surface area contributed by atoms with Gasteiger partial charge in [-0.1, -0.05) is 11.6 Å². The quantitative estimate of drug-likeness (QED) is 0.339. The third-order valence-corrected chi connectivity index (χ3v) is 6.67. The molecule has 0 unspecified atom stereocenters. The maximum atomic E-state index is 14.8. The Morgan fingerprint density at radius 1 is 1.19 bits per heavy atom. The highest BCUT2D eigenvalue weighted by Crippen LogP contribution is 2.32. The Morgan fingerprint density at radius 3 is 2.78 bits per heavy atom. The second-order valence-corrected chi connectivity index (χ2v) is 9.23. The van der Waals surface area contributed by atoms with Crippen LogP contribution in [0.1, 0.15) is 16.8 Å². The summed E-state index contributed by atoms with van der Waals surface area (Å²) < 4.78 is 20.3. The Kier molecular flexibility index (Phi) is 7.47. The summed E-state index contributed by atoms with van der Waals surface area (Å²) in [5.41, 5.74) is 2.61. The Labute approximate surface area is 218 Å². The molecule has 37 heavy (non-hydrogen) atoms. The lowest BCUT2D eigenvalue weighted by Crippen LogP contribution is -2.47. The number of rotatable bonds is 8. The fourth-order valence-electron chi connectivity index (χ4n) is 4.47. The van der Waals surface area contributed by atoms with Crippen LogP contribution in [0.3, 0.4) is 0 Å². The molecule has 0 bridgehead atoms. The molecule has 1 saturated heterocycles. The molecule has 3 heterocycles. The van der Waals surface area contributed by atoms with Crippen LogP contribution in [0.25, 0.3) is 22.6 Å². The van der Waals surface area contributed by atoms with E-state index in [1.807, 2.05) is 18.2 Å².